The molecule has 2 aromatic heterocycles. The second-order valence-electron chi connectivity index (χ2n) is 6.27. The number of ether oxygens (including phenoxy) is 1. The van der Waals surface area contributed by atoms with Gasteiger partial charge in [0.25, 0.3) is 0 Å². The molecular weight excluding hydrogens is 360 g/mol. The van der Waals surface area contributed by atoms with Crippen molar-refractivity contribution in [2.75, 3.05) is 0 Å². The Bertz CT molecular complexity index is 1130. The minimum atomic E-state index is -0.682. The predicted molar refractivity (Wildman–Crippen MR) is 102 cm³/mol. The molecule has 28 heavy (non-hydrogen) atoms. The lowest BCUT2D eigenvalue weighted by Gasteiger charge is -2.15. The summed E-state index contributed by atoms with van der Waals surface area (Å²) < 4.78 is 10.3. The number of carbonyl (C=O) groups is 1. The zero-order chi connectivity index (χ0) is 19.3. The van der Waals surface area contributed by atoms with Gasteiger partial charge in [-0.1, -0.05) is 48.5 Å². The van der Waals surface area contributed by atoms with Gasteiger partial charge in [-0.15, -0.1) is 5.10 Å². The molecule has 1 amide bonds. The number of fused-ring (bicyclic) bond motifs is 1. The molecule has 1 atom stereocenters. The number of aromatic nitrogens is 3. The molecule has 0 saturated carbocycles. The Morgan fingerprint density at radius 1 is 1.14 bits per heavy atom. The number of rotatable bonds is 6. The number of hydrogen-bond donors (Lipinski definition) is 3. The highest BCUT2D eigenvalue weighted by atomic mass is 16.5. The van der Waals surface area contributed by atoms with E-state index < -0.39 is 17.9 Å². The van der Waals surface area contributed by atoms with Crippen LogP contribution in [0.1, 0.15) is 23.1 Å². The molecule has 2 aromatic carbocycles. The van der Waals surface area contributed by atoms with Crippen LogP contribution < -0.4 is 11.1 Å². The molecule has 0 saturated heterocycles. The van der Waals surface area contributed by atoms with Gasteiger partial charge in [-0.25, -0.2) is 14.7 Å². The number of nitrogens with zero attached hydrogens (tertiary/aromatic N) is 1. The zero-order valence-electron chi connectivity index (χ0n) is 14.8. The van der Waals surface area contributed by atoms with E-state index in [9.17, 15) is 9.59 Å². The second-order valence-corrected chi connectivity index (χ2v) is 6.27. The van der Waals surface area contributed by atoms with E-state index >= 15 is 0 Å². The minimum absolute atomic E-state index is 0.0898. The number of H-pyrrole nitrogens is 2. The largest absolute Gasteiger partial charge is 0.445 e. The van der Waals surface area contributed by atoms with E-state index in [0.717, 1.165) is 22.0 Å². The lowest BCUT2D eigenvalue weighted by atomic mass is 10.1. The summed E-state index contributed by atoms with van der Waals surface area (Å²) in [6.07, 6.45) is 1.61. The summed E-state index contributed by atoms with van der Waals surface area (Å²) in [7, 11) is 0. The summed E-state index contributed by atoms with van der Waals surface area (Å²) in [6, 6.07) is 16.5. The van der Waals surface area contributed by atoms with Gasteiger partial charge in [0, 0.05) is 23.5 Å². The van der Waals surface area contributed by atoms with Gasteiger partial charge < -0.3 is 19.5 Å². The van der Waals surface area contributed by atoms with Crippen molar-refractivity contribution in [2.45, 2.75) is 19.1 Å². The maximum atomic E-state index is 12.3. The Morgan fingerprint density at radius 3 is 2.71 bits per heavy atom. The molecule has 0 aliphatic carbocycles. The van der Waals surface area contributed by atoms with Crippen molar-refractivity contribution in [3.8, 4) is 0 Å². The van der Waals surface area contributed by atoms with Crippen molar-refractivity contribution < 1.29 is 13.9 Å². The molecule has 0 bridgehead atoms. The van der Waals surface area contributed by atoms with Crippen molar-refractivity contribution in [3.05, 3.63) is 88.4 Å². The van der Waals surface area contributed by atoms with E-state index in [-0.39, 0.29) is 12.5 Å². The molecule has 0 fully saturated rings. The molecule has 2 heterocycles. The van der Waals surface area contributed by atoms with E-state index in [2.05, 4.69) is 20.5 Å². The van der Waals surface area contributed by atoms with Crippen molar-refractivity contribution in [1.82, 2.24) is 20.5 Å². The van der Waals surface area contributed by atoms with Crippen LogP contribution in [-0.2, 0) is 17.8 Å². The average molecular weight is 378 g/mol. The Kier molecular flexibility index (Phi) is 4.92. The summed E-state index contributed by atoms with van der Waals surface area (Å²) in [5.41, 5.74) is 2.80. The lowest BCUT2D eigenvalue weighted by Crippen LogP contribution is -2.30. The van der Waals surface area contributed by atoms with Crippen LogP contribution in [0.4, 0.5) is 4.79 Å². The Hall–Kier alpha value is -3.81. The van der Waals surface area contributed by atoms with Gasteiger partial charge in [-0.2, -0.15) is 0 Å². The highest BCUT2D eigenvalue weighted by molar-refractivity contribution is 5.83. The fourth-order valence-corrected chi connectivity index (χ4v) is 3.02. The topological polar surface area (TPSA) is 113 Å². The number of para-hydroxylation sites is 1. The Morgan fingerprint density at radius 2 is 1.93 bits per heavy atom. The standard InChI is InChI=1S/C20H18N4O4/c25-19(27-12-13-6-2-1-3-7-13)22-17(18-23-24-20(26)28-18)10-14-11-21-16-9-5-4-8-15(14)16/h1-9,11,17,21H,10,12H2,(H,22,25)(H,24,26)/t17-/m0/s1. The zero-order valence-corrected chi connectivity index (χ0v) is 14.8. The fraction of sp³-hybridized carbons (Fsp3) is 0.150. The first-order chi connectivity index (χ1) is 13.7. The third-order valence-corrected chi connectivity index (χ3v) is 4.36. The van der Waals surface area contributed by atoms with Crippen LogP contribution in [0.3, 0.4) is 0 Å². The normalized spacial score (nSPS) is 12.0. The van der Waals surface area contributed by atoms with Crippen LogP contribution in [0.15, 0.2) is 70.0 Å². The van der Waals surface area contributed by atoms with Crippen molar-refractivity contribution >= 4 is 17.0 Å². The van der Waals surface area contributed by atoms with Crippen molar-refractivity contribution in [2.24, 2.45) is 0 Å². The van der Waals surface area contributed by atoms with E-state index in [1.165, 1.54) is 0 Å². The molecule has 142 valence electrons. The molecule has 0 unspecified atom stereocenters. The number of amides is 1. The van der Waals surface area contributed by atoms with E-state index in [4.69, 9.17) is 9.15 Å². The number of carbonyl (C=O) groups excluding carboxylic acids is 1. The van der Waals surface area contributed by atoms with Crippen LogP contribution in [-0.4, -0.2) is 21.3 Å². The summed E-state index contributed by atoms with van der Waals surface area (Å²) in [5.74, 6) is -0.592. The van der Waals surface area contributed by atoms with E-state index in [1.54, 1.807) is 0 Å². The molecule has 4 aromatic rings. The van der Waals surface area contributed by atoms with Gasteiger partial charge in [0.05, 0.1) is 0 Å². The van der Waals surface area contributed by atoms with Crippen LogP contribution in [0, 0.1) is 0 Å². The molecule has 0 spiro atoms. The summed E-state index contributed by atoms with van der Waals surface area (Å²) in [6.45, 7) is 0.136. The first kappa shape index (κ1) is 17.6. The molecule has 8 nitrogen and oxygen atoms in total. The molecule has 8 heteroatoms. The van der Waals surface area contributed by atoms with Gasteiger partial charge in [0.1, 0.15) is 12.6 Å². The Balaban J connectivity index is 1.51. The van der Waals surface area contributed by atoms with Crippen molar-refractivity contribution in [1.29, 1.82) is 0 Å². The SMILES string of the molecule is O=C(N[C@@H](Cc1c[nH]c2ccccc12)c1n[nH]c(=O)o1)OCc1ccccc1. The van der Waals surface area contributed by atoms with Gasteiger partial charge in [-0.05, 0) is 17.2 Å². The van der Waals surface area contributed by atoms with E-state index in [1.807, 2.05) is 60.8 Å². The fourth-order valence-electron chi connectivity index (χ4n) is 3.02. The maximum absolute atomic E-state index is 12.3. The predicted octanol–water partition coefficient (Wildman–Crippen LogP) is 3.05. The minimum Gasteiger partial charge on any atom is -0.445 e. The molecule has 0 aliphatic heterocycles. The average Bonchev–Trinajstić information content (AvgIpc) is 3.33. The lowest BCUT2D eigenvalue weighted by molar-refractivity contribution is 0.133. The van der Waals surface area contributed by atoms with Gasteiger partial charge >= 0.3 is 11.8 Å². The first-order valence-electron chi connectivity index (χ1n) is 8.76. The van der Waals surface area contributed by atoms with Gasteiger partial charge in [0.2, 0.25) is 5.89 Å². The van der Waals surface area contributed by atoms with Crippen LogP contribution in [0.5, 0.6) is 0 Å². The highest BCUT2D eigenvalue weighted by Gasteiger charge is 2.23. The monoisotopic (exact) mass is 378 g/mol. The molecule has 0 aliphatic rings. The number of hydrogen-bond acceptors (Lipinski definition) is 5. The Labute approximate surface area is 159 Å². The number of nitrogens with one attached hydrogen (secondary N) is 3. The van der Waals surface area contributed by atoms with Crippen molar-refractivity contribution in [3.63, 3.8) is 0 Å². The first-order valence-corrected chi connectivity index (χ1v) is 8.76. The third-order valence-electron chi connectivity index (χ3n) is 4.36. The third kappa shape index (κ3) is 3.96. The van der Waals surface area contributed by atoms with Crippen LogP contribution >= 0.6 is 0 Å². The summed E-state index contributed by atoms with van der Waals surface area (Å²) in [5, 5.41) is 9.84. The molecule has 3 N–H and O–H groups in total. The van der Waals surface area contributed by atoms with E-state index in [0.29, 0.717) is 6.42 Å². The summed E-state index contributed by atoms with van der Waals surface area (Å²) >= 11 is 0. The highest BCUT2D eigenvalue weighted by Crippen LogP contribution is 2.23. The van der Waals surface area contributed by atoms with Gasteiger partial charge in [-0.3, -0.25) is 0 Å². The van der Waals surface area contributed by atoms with Crippen LogP contribution in [0.2, 0.25) is 0 Å². The van der Waals surface area contributed by atoms with Crippen LogP contribution in [0.25, 0.3) is 10.9 Å². The smallest absolute Gasteiger partial charge is 0.434 e. The quantitative estimate of drug-likeness (QED) is 0.477. The number of benzene rings is 2. The molecule has 4 rings (SSSR count). The summed E-state index contributed by atoms with van der Waals surface area (Å²) in [4.78, 5) is 26.9. The second kappa shape index (κ2) is 7.83. The number of aromatic amines is 2. The maximum Gasteiger partial charge on any atom is 0.434 e. The number of alkyl carbamates (subject to hydrolysis) is 1. The molecule has 0 radical (unpaired) electrons. The molecular formula is C20H18N4O4. The van der Waals surface area contributed by atoms with Gasteiger partial charge in [0.15, 0.2) is 0 Å².